The number of rotatable bonds is 6. The standard InChI is InChI=1S/C15H21N3O/c1-18(10-9-16)15(19)8-4-5-12-11-17-14-7-3-2-6-13(12)14/h2-3,6-7,11,17H,4-5,8-10,16H2,1H3. The molecule has 0 spiro atoms. The molecule has 4 heteroatoms. The van der Waals surface area contributed by atoms with Crippen LogP contribution in [0.25, 0.3) is 10.9 Å². The lowest BCUT2D eigenvalue weighted by atomic mass is 10.1. The number of para-hydroxylation sites is 1. The number of aromatic amines is 1. The summed E-state index contributed by atoms with van der Waals surface area (Å²) in [4.78, 5) is 16.7. The maximum atomic E-state index is 11.8. The molecule has 0 fully saturated rings. The Morgan fingerprint density at radius 2 is 2.16 bits per heavy atom. The SMILES string of the molecule is CN(CCN)C(=O)CCCc1c[nH]c2ccccc12. The predicted octanol–water partition coefficient (Wildman–Crippen LogP) is 1.91. The second kappa shape index (κ2) is 6.38. The van der Waals surface area contributed by atoms with E-state index in [2.05, 4.69) is 17.1 Å². The highest BCUT2D eigenvalue weighted by atomic mass is 16.2. The van der Waals surface area contributed by atoms with Gasteiger partial charge in [-0.15, -0.1) is 0 Å². The summed E-state index contributed by atoms with van der Waals surface area (Å²) in [6, 6.07) is 8.25. The number of likely N-dealkylation sites (N-methyl/N-ethyl adjacent to an activating group) is 1. The molecule has 2 rings (SSSR count). The maximum absolute atomic E-state index is 11.8. The molecule has 1 aromatic carbocycles. The minimum atomic E-state index is 0.172. The molecule has 3 N–H and O–H groups in total. The van der Waals surface area contributed by atoms with E-state index in [9.17, 15) is 4.79 Å². The van der Waals surface area contributed by atoms with E-state index in [0.717, 1.165) is 18.4 Å². The van der Waals surface area contributed by atoms with Gasteiger partial charge in [0.05, 0.1) is 0 Å². The lowest BCUT2D eigenvalue weighted by molar-refractivity contribution is -0.129. The first kappa shape index (κ1) is 13.6. The Kier molecular flexibility index (Phi) is 4.58. The second-order valence-corrected chi connectivity index (χ2v) is 4.82. The van der Waals surface area contributed by atoms with Crippen molar-refractivity contribution in [3.05, 3.63) is 36.0 Å². The average Bonchev–Trinajstić information content (AvgIpc) is 2.82. The number of nitrogens with two attached hydrogens (primary N) is 1. The fourth-order valence-electron chi connectivity index (χ4n) is 2.28. The van der Waals surface area contributed by atoms with Crippen molar-refractivity contribution >= 4 is 16.8 Å². The number of amides is 1. The molecule has 1 aromatic heterocycles. The summed E-state index contributed by atoms with van der Waals surface area (Å²) >= 11 is 0. The van der Waals surface area contributed by atoms with E-state index >= 15 is 0 Å². The average molecular weight is 259 g/mol. The normalized spacial score (nSPS) is 10.8. The largest absolute Gasteiger partial charge is 0.361 e. The van der Waals surface area contributed by atoms with Gasteiger partial charge in [0.2, 0.25) is 5.91 Å². The molecule has 0 aliphatic rings. The van der Waals surface area contributed by atoms with Gasteiger partial charge in [-0.3, -0.25) is 4.79 Å². The quantitative estimate of drug-likeness (QED) is 0.832. The number of nitrogens with one attached hydrogen (secondary N) is 1. The summed E-state index contributed by atoms with van der Waals surface area (Å²) < 4.78 is 0. The molecule has 1 amide bonds. The molecule has 0 aliphatic heterocycles. The summed E-state index contributed by atoms with van der Waals surface area (Å²) in [7, 11) is 1.81. The highest BCUT2D eigenvalue weighted by Gasteiger charge is 2.08. The van der Waals surface area contributed by atoms with Crippen LogP contribution in [-0.2, 0) is 11.2 Å². The van der Waals surface area contributed by atoms with Gasteiger partial charge in [0.15, 0.2) is 0 Å². The summed E-state index contributed by atoms with van der Waals surface area (Å²) in [5.41, 5.74) is 7.88. The molecule has 0 unspecified atom stereocenters. The van der Waals surface area contributed by atoms with E-state index < -0.39 is 0 Å². The van der Waals surface area contributed by atoms with Crippen LogP contribution in [0.3, 0.4) is 0 Å². The number of H-pyrrole nitrogens is 1. The van der Waals surface area contributed by atoms with Crippen molar-refractivity contribution < 1.29 is 4.79 Å². The predicted molar refractivity (Wildman–Crippen MR) is 77.9 cm³/mol. The minimum Gasteiger partial charge on any atom is -0.361 e. The minimum absolute atomic E-state index is 0.172. The first-order chi connectivity index (χ1) is 9.22. The number of hydrogen-bond acceptors (Lipinski definition) is 2. The van der Waals surface area contributed by atoms with E-state index in [4.69, 9.17) is 5.73 Å². The Labute approximate surface area is 113 Å². The van der Waals surface area contributed by atoms with E-state index in [1.807, 2.05) is 18.3 Å². The summed E-state index contributed by atoms with van der Waals surface area (Å²) in [6.45, 7) is 1.15. The molecule has 0 bridgehead atoms. The van der Waals surface area contributed by atoms with Gasteiger partial charge >= 0.3 is 0 Å². The lowest BCUT2D eigenvalue weighted by Gasteiger charge is -2.15. The smallest absolute Gasteiger partial charge is 0.222 e. The number of benzene rings is 1. The van der Waals surface area contributed by atoms with Crippen molar-refractivity contribution in [1.82, 2.24) is 9.88 Å². The van der Waals surface area contributed by atoms with Crippen LogP contribution in [0.4, 0.5) is 0 Å². The third kappa shape index (κ3) is 3.35. The maximum Gasteiger partial charge on any atom is 0.222 e. The van der Waals surface area contributed by atoms with Crippen LogP contribution in [-0.4, -0.2) is 35.9 Å². The molecular formula is C15H21N3O. The van der Waals surface area contributed by atoms with Crippen LogP contribution in [0.15, 0.2) is 30.5 Å². The lowest BCUT2D eigenvalue weighted by Crippen LogP contribution is -2.31. The zero-order chi connectivity index (χ0) is 13.7. The molecule has 2 aromatic rings. The zero-order valence-electron chi connectivity index (χ0n) is 11.4. The highest BCUT2D eigenvalue weighted by Crippen LogP contribution is 2.19. The molecule has 0 atom stereocenters. The number of aromatic nitrogens is 1. The Balaban J connectivity index is 1.87. The van der Waals surface area contributed by atoms with E-state index in [1.54, 1.807) is 11.9 Å². The van der Waals surface area contributed by atoms with Gasteiger partial charge in [-0.05, 0) is 24.5 Å². The molecule has 0 radical (unpaired) electrons. The van der Waals surface area contributed by atoms with Crippen LogP contribution in [0.5, 0.6) is 0 Å². The Hall–Kier alpha value is -1.81. The van der Waals surface area contributed by atoms with Crippen molar-refractivity contribution in [3.63, 3.8) is 0 Å². The number of aryl methyl sites for hydroxylation is 1. The van der Waals surface area contributed by atoms with E-state index in [0.29, 0.717) is 19.5 Å². The third-order valence-corrected chi connectivity index (χ3v) is 3.40. The first-order valence-corrected chi connectivity index (χ1v) is 6.71. The monoisotopic (exact) mass is 259 g/mol. The summed E-state index contributed by atoms with van der Waals surface area (Å²) in [5, 5.41) is 1.25. The van der Waals surface area contributed by atoms with E-state index in [1.165, 1.54) is 10.9 Å². The molecule has 0 saturated heterocycles. The molecule has 1 heterocycles. The number of nitrogens with zero attached hydrogens (tertiary/aromatic N) is 1. The fourth-order valence-corrected chi connectivity index (χ4v) is 2.28. The number of fused-ring (bicyclic) bond motifs is 1. The number of hydrogen-bond donors (Lipinski definition) is 2. The second-order valence-electron chi connectivity index (χ2n) is 4.82. The van der Waals surface area contributed by atoms with E-state index in [-0.39, 0.29) is 5.91 Å². The molecule has 19 heavy (non-hydrogen) atoms. The van der Waals surface area contributed by atoms with Crippen molar-refractivity contribution in [2.24, 2.45) is 5.73 Å². The molecule has 102 valence electrons. The number of carbonyl (C=O) groups is 1. The van der Waals surface area contributed by atoms with Gasteiger partial charge in [0.1, 0.15) is 0 Å². The Bertz CT molecular complexity index is 547. The van der Waals surface area contributed by atoms with Crippen molar-refractivity contribution in [2.75, 3.05) is 20.1 Å². The Morgan fingerprint density at radius 1 is 1.37 bits per heavy atom. The van der Waals surface area contributed by atoms with Gasteiger partial charge in [-0.1, -0.05) is 18.2 Å². The summed E-state index contributed by atoms with van der Waals surface area (Å²) in [6.07, 6.45) is 4.41. The number of carbonyl (C=O) groups excluding carboxylic acids is 1. The van der Waals surface area contributed by atoms with Gasteiger partial charge in [-0.25, -0.2) is 0 Å². The van der Waals surface area contributed by atoms with Crippen molar-refractivity contribution in [3.8, 4) is 0 Å². The Morgan fingerprint density at radius 3 is 2.95 bits per heavy atom. The van der Waals surface area contributed by atoms with Crippen LogP contribution < -0.4 is 5.73 Å². The first-order valence-electron chi connectivity index (χ1n) is 6.71. The van der Waals surface area contributed by atoms with Gasteiger partial charge < -0.3 is 15.6 Å². The van der Waals surface area contributed by atoms with Gasteiger partial charge in [-0.2, -0.15) is 0 Å². The molecule has 0 saturated carbocycles. The van der Waals surface area contributed by atoms with Gasteiger partial charge in [0, 0.05) is 43.7 Å². The van der Waals surface area contributed by atoms with Crippen molar-refractivity contribution in [1.29, 1.82) is 0 Å². The zero-order valence-corrected chi connectivity index (χ0v) is 11.4. The van der Waals surface area contributed by atoms with Crippen LogP contribution >= 0.6 is 0 Å². The molecule has 0 aliphatic carbocycles. The van der Waals surface area contributed by atoms with Crippen molar-refractivity contribution in [2.45, 2.75) is 19.3 Å². The molecule has 4 nitrogen and oxygen atoms in total. The van der Waals surface area contributed by atoms with Crippen LogP contribution in [0.1, 0.15) is 18.4 Å². The van der Waals surface area contributed by atoms with Gasteiger partial charge in [0.25, 0.3) is 0 Å². The highest BCUT2D eigenvalue weighted by molar-refractivity contribution is 5.83. The third-order valence-electron chi connectivity index (χ3n) is 3.40. The van der Waals surface area contributed by atoms with Crippen LogP contribution in [0, 0.1) is 0 Å². The topological polar surface area (TPSA) is 62.1 Å². The van der Waals surface area contributed by atoms with Crippen LogP contribution in [0.2, 0.25) is 0 Å². The fraction of sp³-hybridized carbons (Fsp3) is 0.400. The molecular weight excluding hydrogens is 238 g/mol. The summed E-state index contributed by atoms with van der Waals surface area (Å²) in [5.74, 6) is 0.172.